The smallest absolute Gasteiger partial charge is 0.369 e. The molecule has 1 fully saturated rings. The first-order chi connectivity index (χ1) is 16.6. The van der Waals surface area contributed by atoms with Crippen LogP contribution in [0.3, 0.4) is 0 Å². The zero-order valence-electron chi connectivity index (χ0n) is 19.2. The average Bonchev–Trinajstić information content (AvgIpc) is 3.27. The zero-order chi connectivity index (χ0) is 25.2. The molecular weight excluding hydrogens is 459 g/mol. The van der Waals surface area contributed by atoms with E-state index in [9.17, 15) is 22.8 Å². The largest absolute Gasteiger partial charge is 0.434 e. The fraction of sp³-hybridized carbons (Fsp3) is 0.320. The number of anilines is 1. The molecule has 1 aliphatic rings. The van der Waals surface area contributed by atoms with Crippen LogP contribution >= 0.6 is 0 Å². The number of piperidine rings is 1. The molecule has 0 bridgehead atoms. The van der Waals surface area contributed by atoms with Crippen molar-refractivity contribution in [2.45, 2.75) is 32.5 Å². The number of hydrogen-bond acceptors (Lipinski definition) is 4. The van der Waals surface area contributed by atoms with E-state index >= 15 is 0 Å². The Morgan fingerprint density at radius 1 is 1.14 bits per heavy atom. The second-order valence-corrected chi connectivity index (χ2v) is 8.73. The third-order valence-corrected chi connectivity index (χ3v) is 6.15. The lowest BCUT2D eigenvalue weighted by atomic mass is 9.97. The molecule has 1 aliphatic heterocycles. The predicted molar refractivity (Wildman–Crippen MR) is 125 cm³/mol. The van der Waals surface area contributed by atoms with Gasteiger partial charge in [0.05, 0.1) is 23.4 Å². The van der Waals surface area contributed by atoms with Gasteiger partial charge >= 0.3 is 6.18 Å². The number of halogens is 3. The Kier molecular flexibility index (Phi) is 6.93. The van der Waals surface area contributed by atoms with Gasteiger partial charge in [0.25, 0.3) is 5.91 Å². The van der Waals surface area contributed by atoms with Crippen molar-refractivity contribution in [3.05, 3.63) is 77.1 Å². The number of para-hydroxylation sites is 1. The first-order valence-electron chi connectivity index (χ1n) is 11.3. The van der Waals surface area contributed by atoms with Crippen molar-refractivity contribution in [2.75, 3.05) is 18.4 Å². The van der Waals surface area contributed by atoms with Crippen molar-refractivity contribution in [3.63, 3.8) is 0 Å². The van der Waals surface area contributed by atoms with Crippen LogP contribution in [0.25, 0.3) is 5.69 Å². The van der Waals surface area contributed by atoms with E-state index < -0.39 is 23.3 Å². The van der Waals surface area contributed by atoms with Crippen molar-refractivity contribution in [3.8, 4) is 5.69 Å². The maximum absolute atomic E-state index is 13.9. The number of nitrogens with zero attached hydrogens (tertiary/aromatic N) is 3. The summed E-state index contributed by atoms with van der Waals surface area (Å²) in [5.41, 5.74) is 5.91. The molecule has 0 saturated carbocycles. The fourth-order valence-electron chi connectivity index (χ4n) is 4.35. The molecule has 0 aliphatic carbocycles. The first-order valence-corrected chi connectivity index (χ1v) is 11.3. The van der Waals surface area contributed by atoms with Crippen LogP contribution in [0.1, 0.15) is 40.0 Å². The summed E-state index contributed by atoms with van der Waals surface area (Å²) in [5, 5.41) is 6.41. The van der Waals surface area contributed by atoms with Gasteiger partial charge in [-0.25, -0.2) is 4.68 Å². The lowest BCUT2D eigenvalue weighted by molar-refractivity contribution is -0.143. The summed E-state index contributed by atoms with van der Waals surface area (Å²) in [7, 11) is 0. The number of carbonyl (C=O) groups is 2. The van der Waals surface area contributed by atoms with Gasteiger partial charge in [0.15, 0.2) is 5.69 Å². The molecular formula is C25H26F3N5O2. The van der Waals surface area contributed by atoms with Crippen LogP contribution in [0.4, 0.5) is 18.9 Å². The lowest BCUT2D eigenvalue weighted by Gasteiger charge is -2.31. The molecule has 4 rings (SSSR count). The molecule has 3 N–H and O–H groups in total. The number of carbonyl (C=O) groups excluding carboxylic acids is 2. The highest BCUT2D eigenvalue weighted by atomic mass is 19.4. The molecule has 1 aromatic heterocycles. The number of aromatic nitrogens is 2. The molecule has 1 saturated heterocycles. The van der Waals surface area contributed by atoms with Gasteiger partial charge in [0.1, 0.15) is 0 Å². The number of alkyl halides is 3. The molecule has 3 aromatic rings. The van der Waals surface area contributed by atoms with Gasteiger partial charge in [0, 0.05) is 18.8 Å². The van der Waals surface area contributed by atoms with Crippen molar-refractivity contribution >= 4 is 17.5 Å². The summed E-state index contributed by atoms with van der Waals surface area (Å²) in [6, 6.07) is 13.4. The maximum atomic E-state index is 13.9. The molecule has 10 heteroatoms. The molecule has 184 valence electrons. The van der Waals surface area contributed by atoms with E-state index in [0.717, 1.165) is 35.8 Å². The van der Waals surface area contributed by atoms with Crippen molar-refractivity contribution in [1.29, 1.82) is 0 Å². The summed E-state index contributed by atoms with van der Waals surface area (Å²) >= 11 is 0. The Morgan fingerprint density at radius 2 is 1.86 bits per heavy atom. The van der Waals surface area contributed by atoms with Crippen molar-refractivity contribution in [2.24, 2.45) is 11.7 Å². The van der Waals surface area contributed by atoms with Crippen LogP contribution in [0.15, 0.2) is 54.7 Å². The maximum Gasteiger partial charge on any atom is 0.434 e. The number of likely N-dealkylation sites (tertiary alicyclic amines) is 1. The van der Waals surface area contributed by atoms with E-state index in [1.807, 2.05) is 0 Å². The molecule has 7 nitrogen and oxygen atoms in total. The van der Waals surface area contributed by atoms with E-state index in [4.69, 9.17) is 5.73 Å². The average molecular weight is 486 g/mol. The minimum absolute atomic E-state index is 0.161. The molecule has 0 spiro atoms. The van der Waals surface area contributed by atoms with Gasteiger partial charge in [-0.1, -0.05) is 30.3 Å². The third kappa shape index (κ3) is 5.54. The zero-order valence-corrected chi connectivity index (χ0v) is 19.2. The van der Waals surface area contributed by atoms with E-state index in [2.05, 4.69) is 15.3 Å². The molecule has 1 unspecified atom stereocenters. The number of benzene rings is 2. The van der Waals surface area contributed by atoms with Crippen molar-refractivity contribution in [1.82, 2.24) is 14.7 Å². The van der Waals surface area contributed by atoms with Gasteiger partial charge in [-0.3, -0.25) is 14.5 Å². The summed E-state index contributed by atoms with van der Waals surface area (Å²) in [6.07, 6.45) is -2.17. The number of nitrogens with two attached hydrogens (primary N) is 1. The summed E-state index contributed by atoms with van der Waals surface area (Å²) in [6.45, 7) is 3.74. The van der Waals surface area contributed by atoms with Gasteiger partial charge in [-0.05, 0) is 55.6 Å². The predicted octanol–water partition coefficient (Wildman–Crippen LogP) is 4.15. The Labute approximate surface area is 200 Å². The number of rotatable bonds is 6. The molecule has 2 amide bonds. The monoisotopic (exact) mass is 485 g/mol. The lowest BCUT2D eigenvalue weighted by Crippen LogP contribution is -2.40. The number of primary amides is 1. The Hall–Kier alpha value is -3.66. The Balaban J connectivity index is 1.49. The Bertz CT molecular complexity index is 1220. The van der Waals surface area contributed by atoms with E-state index in [0.29, 0.717) is 24.3 Å². The SMILES string of the molecule is Cc1ccccc1-n1ncc(C(=O)Nc2ccc(CN3CCCC(C(N)=O)C3)cc2)c1C(F)(F)F. The summed E-state index contributed by atoms with van der Waals surface area (Å²) in [4.78, 5) is 26.4. The first kappa shape index (κ1) is 24.5. The number of aryl methyl sites for hydroxylation is 1. The molecule has 1 atom stereocenters. The Morgan fingerprint density at radius 3 is 2.51 bits per heavy atom. The van der Waals surface area contributed by atoms with E-state index in [1.165, 1.54) is 6.07 Å². The normalized spacial score (nSPS) is 16.7. The van der Waals surface area contributed by atoms with Gasteiger partial charge < -0.3 is 11.1 Å². The summed E-state index contributed by atoms with van der Waals surface area (Å²) in [5.74, 6) is -1.35. The van der Waals surface area contributed by atoms with Crippen LogP contribution in [0.2, 0.25) is 0 Å². The minimum Gasteiger partial charge on any atom is -0.369 e. The molecule has 2 aromatic carbocycles. The molecule has 35 heavy (non-hydrogen) atoms. The van der Waals surface area contributed by atoms with Crippen LogP contribution in [0.5, 0.6) is 0 Å². The van der Waals surface area contributed by atoms with Crippen LogP contribution in [-0.4, -0.2) is 39.6 Å². The minimum atomic E-state index is -4.79. The van der Waals surface area contributed by atoms with Crippen LogP contribution < -0.4 is 11.1 Å². The van der Waals surface area contributed by atoms with Crippen molar-refractivity contribution < 1.29 is 22.8 Å². The highest BCUT2D eigenvalue weighted by Gasteiger charge is 2.40. The fourth-order valence-corrected chi connectivity index (χ4v) is 4.35. The second-order valence-electron chi connectivity index (χ2n) is 8.73. The van der Waals surface area contributed by atoms with E-state index in [1.54, 1.807) is 49.4 Å². The summed E-state index contributed by atoms with van der Waals surface area (Å²) < 4.78 is 42.6. The number of hydrogen-bond donors (Lipinski definition) is 2. The highest BCUT2D eigenvalue weighted by molar-refractivity contribution is 6.05. The van der Waals surface area contributed by atoms with E-state index in [-0.39, 0.29) is 17.5 Å². The second kappa shape index (κ2) is 9.91. The third-order valence-electron chi connectivity index (χ3n) is 6.15. The standard InChI is InChI=1S/C25H26F3N5O2/c1-16-5-2-3-7-21(16)33-22(25(26,27)28)20(13-30-33)24(35)31-19-10-8-17(9-11-19)14-32-12-4-6-18(15-32)23(29)34/h2-3,5,7-11,13,18H,4,6,12,14-15H2,1H3,(H2,29,34)(H,31,35). The topological polar surface area (TPSA) is 93.2 Å². The van der Waals surface area contributed by atoms with Gasteiger partial charge in [0.2, 0.25) is 5.91 Å². The molecule has 0 radical (unpaired) electrons. The number of nitrogens with one attached hydrogen (secondary N) is 1. The van der Waals surface area contributed by atoms with Gasteiger partial charge in [-0.15, -0.1) is 0 Å². The quantitative estimate of drug-likeness (QED) is 0.549. The molecule has 2 heterocycles. The highest BCUT2D eigenvalue weighted by Crippen LogP contribution is 2.34. The van der Waals surface area contributed by atoms with Crippen LogP contribution in [0, 0.1) is 12.8 Å². The van der Waals surface area contributed by atoms with Crippen LogP contribution in [-0.2, 0) is 17.5 Å². The van der Waals surface area contributed by atoms with Gasteiger partial charge in [-0.2, -0.15) is 18.3 Å². The number of amides is 2.